The Hall–Kier alpha value is -2.58. The van der Waals surface area contributed by atoms with Crippen LogP contribution in [0.2, 0.25) is 15.1 Å². The lowest BCUT2D eigenvalue weighted by Crippen LogP contribution is -2.16. The van der Waals surface area contributed by atoms with Crippen LogP contribution in [0.25, 0.3) is 10.2 Å². The minimum absolute atomic E-state index is 0.0147. The van der Waals surface area contributed by atoms with Gasteiger partial charge in [0.25, 0.3) is 0 Å². The van der Waals surface area contributed by atoms with Gasteiger partial charge in [-0.25, -0.2) is 14.2 Å². The molecule has 0 aliphatic carbocycles. The smallest absolute Gasteiger partial charge is 0.418 e. The van der Waals surface area contributed by atoms with Crippen LogP contribution in [0.5, 0.6) is 11.5 Å². The molecule has 3 aromatic carbocycles. The van der Waals surface area contributed by atoms with Crippen molar-refractivity contribution < 1.29 is 18.7 Å². The van der Waals surface area contributed by atoms with Crippen molar-refractivity contribution in [1.82, 2.24) is 4.98 Å². The predicted octanol–water partition coefficient (Wildman–Crippen LogP) is 8.15. The number of benzene rings is 3. The van der Waals surface area contributed by atoms with Crippen LogP contribution < -0.4 is 14.8 Å². The van der Waals surface area contributed by atoms with E-state index in [1.165, 1.54) is 12.1 Å². The van der Waals surface area contributed by atoms with E-state index in [0.717, 1.165) is 11.3 Å². The van der Waals surface area contributed by atoms with Crippen LogP contribution in [-0.4, -0.2) is 11.1 Å². The van der Waals surface area contributed by atoms with Crippen LogP contribution in [-0.2, 0) is 0 Å². The number of fused-ring (bicyclic) bond motifs is 1. The van der Waals surface area contributed by atoms with Gasteiger partial charge in [-0.3, -0.25) is 5.32 Å². The minimum Gasteiger partial charge on any atom is -0.483 e. The number of hydrogen-bond acceptors (Lipinski definition) is 5. The fraction of sp³-hybridized carbons (Fsp3) is 0.0909. The van der Waals surface area contributed by atoms with Crippen molar-refractivity contribution in [2.45, 2.75) is 13.0 Å². The van der Waals surface area contributed by atoms with Crippen LogP contribution in [0.15, 0.2) is 54.6 Å². The topological polar surface area (TPSA) is 60.5 Å². The maximum absolute atomic E-state index is 14.7. The first-order valence-electron chi connectivity index (χ1n) is 9.26. The molecular weight excluding hydrogens is 498 g/mol. The van der Waals surface area contributed by atoms with E-state index in [-0.39, 0.29) is 15.9 Å². The molecule has 0 saturated carbocycles. The summed E-state index contributed by atoms with van der Waals surface area (Å²) >= 11 is 19.7. The largest absolute Gasteiger partial charge is 0.483 e. The van der Waals surface area contributed by atoms with E-state index >= 15 is 0 Å². The zero-order valence-corrected chi connectivity index (χ0v) is 19.4. The van der Waals surface area contributed by atoms with Gasteiger partial charge in [0.15, 0.2) is 16.7 Å². The van der Waals surface area contributed by atoms with E-state index < -0.39 is 18.0 Å². The maximum Gasteiger partial charge on any atom is 0.418 e. The van der Waals surface area contributed by atoms with Crippen molar-refractivity contribution in [2.75, 3.05) is 5.32 Å². The molecule has 0 spiro atoms. The summed E-state index contributed by atoms with van der Waals surface area (Å²) in [6.07, 6.45) is -1.38. The minimum atomic E-state index is -0.703. The summed E-state index contributed by atoms with van der Waals surface area (Å²) in [7, 11) is 0. The molecule has 32 heavy (non-hydrogen) atoms. The molecule has 0 fully saturated rings. The molecule has 1 amide bonds. The molecule has 1 unspecified atom stereocenters. The first-order chi connectivity index (χ1) is 15.3. The Kier molecular flexibility index (Phi) is 6.71. The molecule has 4 rings (SSSR count). The van der Waals surface area contributed by atoms with Gasteiger partial charge in [-0.1, -0.05) is 64.3 Å². The third kappa shape index (κ3) is 4.91. The second-order valence-electron chi connectivity index (χ2n) is 6.61. The third-order valence-electron chi connectivity index (χ3n) is 4.39. The quantitative estimate of drug-likeness (QED) is 0.275. The number of carbonyl (C=O) groups excluding carboxylic acids is 1. The summed E-state index contributed by atoms with van der Waals surface area (Å²) in [5.74, 6) is -0.248. The molecule has 10 heteroatoms. The van der Waals surface area contributed by atoms with Crippen molar-refractivity contribution in [3.63, 3.8) is 0 Å². The first-order valence-corrected chi connectivity index (χ1v) is 11.2. The summed E-state index contributed by atoms with van der Waals surface area (Å²) < 4.78 is 26.2. The van der Waals surface area contributed by atoms with E-state index in [0.29, 0.717) is 31.6 Å². The third-order valence-corrected chi connectivity index (χ3v) is 6.48. The van der Waals surface area contributed by atoms with Gasteiger partial charge in [0.05, 0.1) is 20.3 Å². The molecule has 164 valence electrons. The van der Waals surface area contributed by atoms with Gasteiger partial charge in [-0.2, -0.15) is 0 Å². The molecule has 1 atom stereocenters. The Morgan fingerprint density at radius 3 is 2.56 bits per heavy atom. The average Bonchev–Trinajstić information content (AvgIpc) is 3.12. The van der Waals surface area contributed by atoms with Gasteiger partial charge in [0.2, 0.25) is 0 Å². The van der Waals surface area contributed by atoms with Gasteiger partial charge in [-0.05, 0) is 31.2 Å². The van der Waals surface area contributed by atoms with Crippen LogP contribution in [0, 0.1) is 5.82 Å². The summed E-state index contributed by atoms with van der Waals surface area (Å²) in [6.45, 7) is 1.69. The maximum atomic E-state index is 14.7. The molecular formula is C22H14Cl3FN2O3S. The van der Waals surface area contributed by atoms with E-state index in [4.69, 9.17) is 44.3 Å². The monoisotopic (exact) mass is 510 g/mol. The number of aromatic nitrogens is 1. The van der Waals surface area contributed by atoms with E-state index in [1.54, 1.807) is 43.3 Å². The number of amides is 1. The van der Waals surface area contributed by atoms with Crippen molar-refractivity contribution in [2.24, 2.45) is 0 Å². The Morgan fingerprint density at radius 2 is 1.81 bits per heavy atom. The summed E-state index contributed by atoms with van der Waals surface area (Å²) in [4.78, 5) is 16.3. The number of carbonyl (C=O) groups is 1. The predicted molar refractivity (Wildman–Crippen MR) is 126 cm³/mol. The van der Waals surface area contributed by atoms with Crippen LogP contribution in [0.4, 0.5) is 14.3 Å². The molecule has 4 aromatic rings. The van der Waals surface area contributed by atoms with E-state index in [1.807, 2.05) is 6.07 Å². The van der Waals surface area contributed by atoms with Gasteiger partial charge >= 0.3 is 6.09 Å². The number of nitrogens with zero attached hydrogens (tertiary/aromatic N) is 1. The molecule has 1 heterocycles. The zero-order valence-electron chi connectivity index (χ0n) is 16.4. The van der Waals surface area contributed by atoms with Crippen LogP contribution >= 0.6 is 46.1 Å². The Labute approximate surface area is 201 Å². The molecule has 1 N–H and O–H groups in total. The highest BCUT2D eigenvalue weighted by molar-refractivity contribution is 7.22. The molecule has 5 nitrogen and oxygen atoms in total. The highest BCUT2D eigenvalue weighted by atomic mass is 35.5. The normalized spacial score (nSPS) is 11.9. The number of para-hydroxylation sites is 1. The van der Waals surface area contributed by atoms with E-state index in [9.17, 15) is 9.18 Å². The average molecular weight is 512 g/mol. The number of halogens is 4. The summed E-state index contributed by atoms with van der Waals surface area (Å²) in [6, 6.07) is 14.5. The number of rotatable bonds is 5. The van der Waals surface area contributed by atoms with Crippen molar-refractivity contribution in [1.29, 1.82) is 0 Å². The Balaban J connectivity index is 1.54. The lowest BCUT2D eigenvalue weighted by Gasteiger charge is -2.18. The van der Waals surface area contributed by atoms with Crippen molar-refractivity contribution in [3.05, 3.63) is 81.0 Å². The molecule has 0 saturated heterocycles. The second-order valence-corrected chi connectivity index (χ2v) is 8.84. The fourth-order valence-electron chi connectivity index (χ4n) is 2.95. The number of thiazole rings is 1. The van der Waals surface area contributed by atoms with Gasteiger partial charge in [0, 0.05) is 22.7 Å². The lowest BCUT2D eigenvalue weighted by molar-refractivity contribution is 0.215. The molecule has 0 aliphatic heterocycles. The second kappa shape index (κ2) is 9.50. The van der Waals surface area contributed by atoms with E-state index in [2.05, 4.69) is 10.3 Å². The summed E-state index contributed by atoms with van der Waals surface area (Å²) in [5.41, 5.74) is 0.817. The summed E-state index contributed by atoms with van der Waals surface area (Å²) in [5, 5.41) is 3.71. The Morgan fingerprint density at radius 1 is 1.09 bits per heavy atom. The highest BCUT2D eigenvalue weighted by Crippen LogP contribution is 2.39. The number of anilines is 1. The van der Waals surface area contributed by atoms with Gasteiger partial charge in [-0.15, -0.1) is 0 Å². The first kappa shape index (κ1) is 22.6. The number of nitrogens with one attached hydrogen (secondary N) is 1. The zero-order chi connectivity index (χ0) is 22.8. The SMILES string of the molecule is CC(Oc1cc2sc(NC(=O)Oc3ccccc3)nc2cc1F)c1c(Cl)ccc(Cl)c1Cl. The van der Waals surface area contributed by atoms with Crippen LogP contribution in [0.1, 0.15) is 18.6 Å². The van der Waals surface area contributed by atoms with Crippen LogP contribution in [0.3, 0.4) is 0 Å². The lowest BCUT2D eigenvalue weighted by atomic mass is 10.1. The van der Waals surface area contributed by atoms with Gasteiger partial charge in [0.1, 0.15) is 11.9 Å². The molecule has 0 bridgehead atoms. The highest BCUT2D eigenvalue weighted by Gasteiger charge is 2.20. The Bertz CT molecular complexity index is 1300. The van der Waals surface area contributed by atoms with Crippen molar-refractivity contribution in [3.8, 4) is 11.5 Å². The standard InChI is InChI=1S/C22H14Cl3FN2O3S/c1-11(19-13(23)7-8-14(24)20(19)25)30-17-10-18-16(9-15(17)26)27-21(32-18)28-22(29)31-12-5-3-2-4-6-12/h2-11H,1H3,(H,27,28,29). The molecule has 0 radical (unpaired) electrons. The molecule has 0 aliphatic rings. The fourth-order valence-corrected chi connectivity index (χ4v) is 4.65. The van der Waals surface area contributed by atoms with Crippen molar-refractivity contribution >= 4 is 67.6 Å². The number of ether oxygens (including phenoxy) is 2. The molecule has 1 aromatic heterocycles. The van der Waals surface area contributed by atoms with Gasteiger partial charge < -0.3 is 9.47 Å². The number of hydrogen-bond donors (Lipinski definition) is 1.